The van der Waals surface area contributed by atoms with Gasteiger partial charge >= 0.3 is 5.97 Å². The van der Waals surface area contributed by atoms with Crippen LogP contribution >= 0.6 is 0 Å². The van der Waals surface area contributed by atoms with E-state index in [9.17, 15) is 9.59 Å². The number of ether oxygens (including phenoxy) is 1. The number of carbonyl (C=O) groups is 2. The maximum atomic E-state index is 13.1. The molecule has 6 nitrogen and oxygen atoms in total. The lowest BCUT2D eigenvalue weighted by Crippen LogP contribution is -2.40. The third kappa shape index (κ3) is 7.59. The average molecular weight is 501 g/mol. The molecule has 4 rings (SSSR count). The van der Waals surface area contributed by atoms with Crippen molar-refractivity contribution in [2.24, 2.45) is 5.92 Å². The second-order valence-electron chi connectivity index (χ2n) is 9.74. The van der Waals surface area contributed by atoms with Gasteiger partial charge in [-0.25, -0.2) is 4.79 Å². The van der Waals surface area contributed by atoms with Gasteiger partial charge in [0.1, 0.15) is 5.75 Å². The zero-order valence-corrected chi connectivity index (χ0v) is 21.5. The molecule has 1 aliphatic carbocycles. The van der Waals surface area contributed by atoms with Crippen LogP contribution in [-0.4, -0.2) is 48.1 Å². The van der Waals surface area contributed by atoms with Gasteiger partial charge in [0.15, 0.2) is 6.61 Å². The van der Waals surface area contributed by atoms with Crippen LogP contribution in [0.4, 0.5) is 5.69 Å². The van der Waals surface area contributed by atoms with Gasteiger partial charge in [0.2, 0.25) is 5.91 Å². The normalized spacial score (nSPS) is 14.5. The number of rotatable bonds is 12. The highest BCUT2D eigenvalue weighted by Gasteiger charge is 2.25. The molecule has 37 heavy (non-hydrogen) atoms. The van der Waals surface area contributed by atoms with Gasteiger partial charge in [-0.05, 0) is 78.5 Å². The minimum atomic E-state index is -0.975. The van der Waals surface area contributed by atoms with E-state index in [1.165, 1.54) is 16.7 Å². The van der Waals surface area contributed by atoms with Crippen LogP contribution in [0.5, 0.6) is 5.75 Å². The summed E-state index contributed by atoms with van der Waals surface area (Å²) < 4.78 is 5.50. The Bertz CT molecular complexity index is 1180. The maximum Gasteiger partial charge on any atom is 0.341 e. The van der Waals surface area contributed by atoms with Gasteiger partial charge in [-0.15, -0.1) is 0 Å². The Hall–Kier alpha value is -3.80. The maximum absolute atomic E-state index is 13.1. The van der Waals surface area contributed by atoms with Crippen LogP contribution in [0.15, 0.2) is 72.8 Å². The zero-order chi connectivity index (χ0) is 26.0. The Labute approximate surface area is 219 Å². The molecule has 1 aliphatic rings. The zero-order valence-electron chi connectivity index (χ0n) is 21.5. The number of carbonyl (C=O) groups excluding carboxylic acids is 1. The SMILES string of the molecule is CCCN(CC1CCc2c(cccc2OCC(=O)O)C1)C(=O)CNc1ccc(Cc2ccccc2)cc1. The van der Waals surface area contributed by atoms with Gasteiger partial charge < -0.3 is 20.1 Å². The number of nitrogens with zero attached hydrogens (tertiary/aromatic N) is 1. The number of nitrogens with one attached hydrogen (secondary N) is 1. The molecular formula is C31H36N2O4. The van der Waals surface area contributed by atoms with E-state index >= 15 is 0 Å². The fourth-order valence-electron chi connectivity index (χ4n) is 5.04. The molecule has 0 aromatic heterocycles. The Kier molecular flexibility index (Phi) is 9.19. The molecule has 1 atom stereocenters. The van der Waals surface area contributed by atoms with Gasteiger partial charge in [0.25, 0.3) is 0 Å². The number of benzene rings is 3. The highest BCUT2D eigenvalue weighted by molar-refractivity contribution is 5.81. The summed E-state index contributed by atoms with van der Waals surface area (Å²) in [5.41, 5.74) is 5.76. The second-order valence-corrected chi connectivity index (χ2v) is 9.74. The molecule has 1 unspecified atom stereocenters. The molecule has 2 N–H and O–H groups in total. The van der Waals surface area contributed by atoms with E-state index in [2.05, 4.69) is 54.7 Å². The lowest BCUT2D eigenvalue weighted by molar-refractivity contribution is -0.139. The van der Waals surface area contributed by atoms with E-state index in [4.69, 9.17) is 9.84 Å². The summed E-state index contributed by atoms with van der Waals surface area (Å²) in [5.74, 6) is 0.171. The highest BCUT2D eigenvalue weighted by Crippen LogP contribution is 2.32. The van der Waals surface area contributed by atoms with Gasteiger partial charge in [-0.1, -0.05) is 61.5 Å². The summed E-state index contributed by atoms with van der Waals surface area (Å²) in [7, 11) is 0. The number of hydrogen-bond acceptors (Lipinski definition) is 4. The number of fused-ring (bicyclic) bond motifs is 1. The second kappa shape index (κ2) is 12.9. The minimum Gasteiger partial charge on any atom is -0.482 e. The molecule has 3 aromatic carbocycles. The van der Waals surface area contributed by atoms with Crippen molar-refractivity contribution < 1.29 is 19.4 Å². The van der Waals surface area contributed by atoms with Crippen molar-refractivity contribution >= 4 is 17.6 Å². The third-order valence-electron chi connectivity index (χ3n) is 6.87. The van der Waals surface area contributed by atoms with E-state index in [0.29, 0.717) is 11.7 Å². The van der Waals surface area contributed by atoms with Gasteiger partial charge in [0, 0.05) is 18.8 Å². The van der Waals surface area contributed by atoms with Crippen LogP contribution in [0.25, 0.3) is 0 Å². The van der Waals surface area contributed by atoms with Crippen molar-refractivity contribution in [2.45, 2.75) is 39.0 Å². The van der Waals surface area contributed by atoms with Crippen molar-refractivity contribution in [3.63, 3.8) is 0 Å². The fourth-order valence-corrected chi connectivity index (χ4v) is 5.04. The summed E-state index contributed by atoms with van der Waals surface area (Å²) in [6, 6.07) is 24.5. The minimum absolute atomic E-state index is 0.111. The lowest BCUT2D eigenvalue weighted by atomic mass is 9.83. The number of amides is 1. The molecule has 0 saturated heterocycles. The summed E-state index contributed by atoms with van der Waals surface area (Å²) in [6.07, 6.45) is 4.45. The van der Waals surface area contributed by atoms with Crippen LogP contribution in [0, 0.1) is 5.92 Å². The predicted octanol–water partition coefficient (Wildman–Crippen LogP) is 5.20. The smallest absolute Gasteiger partial charge is 0.341 e. The number of carboxylic acids is 1. The molecule has 0 fully saturated rings. The first kappa shape index (κ1) is 26.3. The van der Waals surface area contributed by atoms with E-state index in [1.54, 1.807) is 0 Å². The van der Waals surface area contributed by atoms with Crippen molar-refractivity contribution in [2.75, 3.05) is 31.6 Å². The monoisotopic (exact) mass is 500 g/mol. The van der Waals surface area contributed by atoms with E-state index in [1.807, 2.05) is 35.2 Å². The Balaban J connectivity index is 1.30. The van der Waals surface area contributed by atoms with Crippen molar-refractivity contribution in [1.29, 1.82) is 0 Å². The first-order valence-corrected chi connectivity index (χ1v) is 13.1. The molecule has 0 bridgehead atoms. The Morgan fingerprint density at radius 1 is 1.00 bits per heavy atom. The molecule has 0 heterocycles. The molecule has 6 heteroatoms. The third-order valence-corrected chi connectivity index (χ3v) is 6.87. The van der Waals surface area contributed by atoms with Crippen molar-refractivity contribution in [3.05, 3.63) is 95.1 Å². The molecular weight excluding hydrogens is 464 g/mol. The lowest BCUT2D eigenvalue weighted by Gasteiger charge is -2.31. The molecule has 0 aliphatic heterocycles. The summed E-state index contributed by atoms with van der Waals surface area (Å²) in [4.78, 5) is 26.0. The van der Waals surface area contributed by atoms with Crippen LogP contribution < -0.4 is 10.1 Å². The number of hydrogen-bond donors (Lipinski definition) is 2. The fraction of sp³-hybridized carbons (Fsp3) is 0.355. The summed E-state index contributed by atoms with van der Waals surface area (Å²) >= 11 is 0. The van der Waals surface area contributed by atoms with E-state index < -0.39 is 5.97 Å². The average Bonchev–Trinajstić information content (AvgIpc) is 2.91. The largest absolute Gasteiger partial charge is 0.482 e. The van der Waals surface area contributed by atoms with E-state index in [-0.39, 0.29) is 19.1 Å². The molecule has 194 valence electrons. The first-order chi connectivity index (χ1) is 18.0. The molecule has 0 saturated carbocycles. The van der Waals surface area contributed by atoms with Gasteiger partial charge in [0.05, 0.1) is 6.54 Å². The van der Waals surface area contributed by atoms with Gasteiger partial charge in [-0.2, -0.15) is 0 Å². The standard InChI is InChI=1S/C31H36N2O4/c1-2-17-33(21-25-13-16-28-26(19-25)9-6-10-29(28)37-22-31(35)36)30(34)20-32-27-14-11-24(12-15-27)18-23-7-4-3-5-8-23/h3-12,14-15,25,32H,2,13,16-22H2,1H3,(H,35,36). The Morgan fingerprint density at radius 2 is 1.76 bits per heavy atom. The molecule has 3 aromatic rings. The Morgan fingerprint density at radius 3 is 2.49 bits per heavy atom. The number of carboxylic acid groups (broad SMARTS) is 1. The quantitative estimate of drug-likeness (QED) is 0.358. The van der Waals surface area contributed by atoms with E-state index in [0.717, 1.165) is 56.4 Å². The van der Waals surface area contributed by atoms with Crippen LogP contribution in [0.3, 0.4) is 0 Å². The van der Waals surface area contributed by atoms with Gasteiger partial charge in [-0.3, -0.25) is 4.79 Å². The first-order valence-electron chi connectivity index (χ1n) is 13.1. The molecule has 1 amide bonds. The van der Waals surface area contributed by atoms with Crippen LogP contribution in [0.1, 0.15) is 42.0 Å². The summed E-state index contributed by atoms with van der Waals surface area (Å²) in [6.45, 7) is 3.50. The van der Waals surface area contributed by atoms with Crippen LogP contribution in [0.2, 0.25) is 0 Å². The van der Waals surface area contributed by atoms with Crippen LogP contribution in [-0.2, 0) is 28.9 Å². The number of aliphatic carboxylic acids is 1. The topological polar surface area (TPSA) is 78.9 Å². The van der Waals surface area contributed by atoms with Crippen molar-refractivity contribution in [1.82, 2.24) is 4.90 Å². The van der Waals surface area contributed by atoms with Crippen molar-refractivity contribution in [3.8, 4) is 5.75 Å². The summed E-state index contributed by atoms with van der Waals surface area (Å²) in [5, 5.41) is 12.2. The number of anilines is 1. The molecule has 0 spiro atoms. The predicted molar refractivity (Wildman–Crippen MR) is 146 cm³/mol. The highest BCUT2D eigenvalue weighted by atomic mass is 16.5. The molecule has 0 radical (unpaired) electrons.